The number of halogens is 1. The lowest BCUT2D eigenvalue weighted by atomic mass is 10.0. The van der Waals surface area contributed by atoms with Crippen LogP contribution in [0.3, 0.4) is 0 Å². The monoisotopic (exact) mass is 470 g/mol. The molecule has 0 bridgehead atoms. The molecule has 0 saturated heterocycles. The van der Waals surface area contributed by atoms with Gasteiger partial charge in [-0.05, 0) is 71.4 Å². The third-order valence-electron chi connectivity index (χ3n) is 4.74. The van der Waals surface area contributed by atoms with Crippen LogP contribution in [0.2, 0.25) is 0 Å². The standard InChI is InChI=1S/C21H19BrN4O2S/c22-13-9-10-15(24-12-13)19(27)26-21-18(14-6-2-1-3-7-16(14)29-21)20(28)25-17-8-4-5-11-23-17/h4-5,8-12H,1-3,6-7H2,(H,26,27)(H,23,25,28). The van der Waals surface area contributed by atoms with Crippen molar-refractivity contribution in [3.63, 3.8) is 0 Å². The molecule has 3 heterocycles. The molecule has 0 radical (unpaired) electrons. The Morgan fingerprint density at radius 3 is 2.59 bits per heavy atom. The Hall–Kier alpha value is -2.58. The predicted octanol–water partition coefficient (Wildman–Crippen LogP) is 5.07. The number of anilines is 2. The average Bonchev–Trinajstić information content (AvgIpc) is 2.89. The van der Waals surface area contributed by atoms with Gasteiger partial charge < -0.3 is 10.6 Å². The van der Waals surface area contributed by atoms with Gasteiger partial charge in [-0.2, -0.15) is 0 Å². The number of nitrogens with zero attached hydrogens (tertiary/aromatic N) is 2. The van der Waals surface area contributed by atoms with Crippen molar-refractivity contribution >= 4 is 49.9 Å². The Kier molecular flexibility index (Phi) is 6.01. The summed E-state index contributed by atoms with van der Waals surface area (Å²) < 4.78 is 0.798. The van der Waals surface area contributed by atoms with Crippen LogP contribution < -0.4 is 10.6 Å². The summed E-state index contributed by atoms with van der Waals surface area (Å²) in [5.74, 6) is -0.0964. The summed E-state index contributed by atoms with van der Waals surface area (Å²) in [6.07, 6.45) is 8.25. The van der Waals surface area contributed by atoms with Gasteiger partial charge in [-0.1, -0.05) is 12.5 Å². The smallest absolute Gasteiger partial charge is 0.274 e. The summed E-state index contributed by atoms with van der Waals surface area (Å²) in [6, 6.07) is 8.76. The number of nitrogens with one attached hydrogen (secondary N) is 2. The Morgan fingerprint density at radius 2 is 1.83 bits per heavy atom. The van der Waals surface area contributed by atoms with Crippen LogP contribution in [-0.4, -0.2) is 21.8 Å². The summed E-state index contributed by atoms with van der Waals surface area (Å²) in [7, 11) is 0. The van der Waals surface area contributed by atoms with Gasteiger partial charge in [0.05, 0.1) is 5.56 Å². The molecule has 8 heteroatoms. The lowest BCUT2D eigenvalue weighted by Gasteiger charge is -2.09. The summed E-state index contributed by atoms with van der Waals surface area (Å²) in [4.78, 5) is 35.3. The van der Waals surface area contributed by atoms with Crippen LogP contribution in [0, 0.1) is 0 Å². The second-order valence-electron chi connectivity index (χ2n) is 6.75. The van der Waals surface area contributed by atoms with Gasteiger partial charge in [-0.25, -0.2) is 9.97 Å². The van der Waals surface area contributed by atoms with Crippen LogP contribution in [-0.2, 0) is 12.8 Å². The van der Waals surface area contributed by atoms with Gasteiger partial charge in [-0.15, -0.1) is 11.3 Å². The lowest BCUT2D eigenvalue weighted by molar-refractivity contribution is 0.102. The van der Waals surface area contributed by atoms with E-state index in [1.807, 2.05) is 6.07 Å². The fourth-order valence-corrected chi connectivity index (χ4v) is 4.88. The summed E-state index contributed by atoms with van der Waals surface area (Å²) in [6.45, 7) is 0. The summed E-state index contributed by atoms with van der Waals surface area (Å²) in [5, 5.41) is 6.34. The largest absolute Gasteiger partial charge is 0.312 e. The number of carbonyl (C=O) groups is 2. The van der Waals surface area contributed by atoms with Gasteiger partial charge in [0.1, 0.15) is 16.5 Å². The third kappa shape index (κ3) is 4.54. The van der Waals surface area contributed by atoms with Crippen molar-refractivity contribution < 1.29 is 9.59 Å². The number of pyridine rings is 2. The average molecular weight is 471 g/mol. The van der Waals surface area contributed by atoms with Crippen molar-refractivity contribution in [3.05, 3.63) is 68.9 Å². The predicted molar refractivity (Wildman–Crippen MR) is 118 cm³/mol. The second kappa shape index (κ2) is 8.84. The molecule has 6 nitrogen and oxygen atoms in total. The first-order chi connectivity index (χ1) is 14.1. The molecule has 0 spiro atoms. The minimum Gasteiger partial charge on any atom is -0.312 e. The molecule has 3 aromatic rings. The lowest BCUT2D eigenvalue weighted by Crippen LogP contribution is -2.19. The first kappa shape index (κ1) is 19.7. The Morgan fingerprint density at radius 1 is 0.966 bits per heavy atom. The van der Waals surface area contributed by atoms with Gasteiger partial charge >= 0.3 is 0 Å². The molecule has 4 rings (SSSR count). The maximum Gasteiger partial charge on any atom is 0.274 e. The first-order valence-corrected chi connectivity index (χ1v) is 11.0. The van der Waals surface area contributed by atoms with E-state index in [-0.39, 0.29) is 11.8 Å². The molecular formula is C21H19BrN4O2S. The zero-order chi connectivity index (χ0) is 20.2. The highest BCUT2D eigenvalue weighted by Crippen LogP contribution is 2.38. The van der Waals surface area contributed by atoms with Crippen molar-refractivity contribution in [2.75, 3.05) is 10.6 Å². The van der Waals surface area contributed by atoms with Crippen LogP contribution in [0.1, 0.15) is 50.5 Å². The molecule has 0 atom stereocenters. The van der Waals surface area contributed by atoms with E-state index in [0.29, 0.717) is 22.1 Å². The fourth-order valence-electron chi connectivity index (χ4n) is 3.36. The van der Waals surface area contributed by atoms with Crippen LogP contribution in [0.5, 0.6) is 0 Å². The minimum absolute atomic E-state index is 0.248. The van der Waals surface area contributed by atoms with E-state index in [0.717, 1.165) is 42.1 Å². The van der Waals surface area contributed by atoms with E-state index in [4.69, 9.17) is 0 Å². The van der Waals surface area contributed by atoms with E-state index < -0.39 is 0 Å². The molecular weight excluding hydrogens is 452 g/mol. The van der Waals surface area contributed by atoms with E-state index in [1.54, 1.807) is 36.7 Å². The van der Waals surface area contributed by atoms with Gasteiger partial charge in [0.15, 0.2) is 0 Å². The topological polar surface area (TPSA) is 84.0 Å². The number of aryl methyl sites for hydroxylation is 1. The molecule has 1 aliphatic carbocycles. The minimum atomic E-state index is -0.333. The second-order valence-corrected chi connectivity index (χ2v) is 8.77. The molecule has 0 aliphatic heterocycles. The normalized spacial score (nSPS) is 13.3. The maximum atomic E-state index is 13.1. The quantitative estimate of drug-likeness (QED) is 0.521. The SMILES string of the molecule is O=C(Nc1sc2c(c1C(=O)Nc1ccccn1)CCCCC2)c1ccc(Br)cn1. The van der Waals surface area contributed by atoms with E-state index in [2.05, 4.69) is 36.5 Å². The number of carbonyl (C=O) groups excluding carboxylic acids is 2. The number of amides is 2. The molecule has 1 aliphatic rings. The van der Waals surface area contributed by atoms with Crippen molar-refractivity contribution in [3.8, 4) is 0 Å². The number of hydrogen-bond donors (Lipinski definition) is 2. The van der Waals surface area contributed by atoms with Crippen LogP contribution in [0.25, 0.3) is 0 Å². The molecule has 29 heavy (non-hydrogen) atoms. The molecule has 2 N–H and O–H groups in total. The molecule has 0 saturated carbocycles. The molecule has 0 aromatic carbocycles. The van der Waals surface area contributed by atoms with Gasteiger partial charge in [0.25, 0.3) is 11.8 Å². The van der Waals surface area contributed by atoms with Crippen molar-refractivity contribution in [1.82, 2.24) is 9.97 Å². The zero-order valence-electron chi connectivity index (χ0n) is 15.6. The van der Waals surface area contributed by atoms with Crippen molar-refractivity contribution in [1.29, 1.82) is 0 Å². The molecule has 0 unspecified atom stereocenters. The number of fused-ring (bicyclic) bond motifs is 1. The highest BCUT2D eigenvalue weighted by atomic mass is 79.9. The van der Waals surface area contributed by atoms with Gasteiger partial charge in [0.2, 0.25) is 0 Å². The van der Waals surface area contributed by atoms with Crippen LogP contribution >= 0.6 is 27.3 Å². The van der Waals surface area contributed by atoms with Gasteiger partial charge in [0, 0.05) is 21.7 Å². The summed E-state index contributed by atoms with van der Waals surface area (Å²) >= 11 is 4.81. The highest BCUT2D eigenvalue weighted by Gasteiger charge is 2.26. The first-order valence-electron chi connectivity index (χ1n) is 9.41. The third-order valence-corrected chi connectivity index (χ3v) is 6.42. The van der Waals surface area contributed by atoms with E-state index >= 15 is 0 Å². The number of aromatic nitrogens is 2. The number of hydrogen-bond acceptors (Lipinski definition) is 5. The fraction of sp³-hybridized carbons (Fsp3) is 0.238. The molecule has 2 amide bonds. The van der Waals surface area contributed by atoms with Crippen molar-refractivity contribution in [2.45, 2.75) is 32.1 Å². The molecule has 0 fully saturated rings. The Labute approximate surface area is 180 Å². The van der Waals surface area contributed by atoms with E-state index in [9.17, 15) is 9.59 Å². The van der Waals surface area contributed by atoms with Gasteiger partial charge in [-0.3, -0.25) is 9.59 Å². The Bertz CT molecular complexity index is 1030. The number of rotatable bonds is 4. The Balaban J connectivity index is 1.66. The molecule has 3 aromatic heterocycles. The van der Waals surface area contributed by atoms with Crippen LogP contribution in [0.15, 0.2) is 47.2 Å². The van der Waals surface area contributed by atoms with Crippen molar-refractivity contribution in [2.24, 2.45) is 0 Å². The van der Waals surface area contributed by atoms with E-state index in [1.165, 1.54) is 16.2 Å². The highest BCUT2D eigenvalue weighted by molar-refractivity contribution is 9.10. The number of thiophene rings is 1. The van der Waals surface area contributed by atoms with Crippen LogP contribution in [0.4, 0.5) is 10.8 Å². The summed E-state index contributed by atoms with van der Waals surface area (Å²) in [5.41, 5.74) is 1.89. The maximum absolute atomic E-state index is 13.1. The molecule has 148 valence electrons. The zero-order valence-corrected chi connectivity index (χ0v) is 18.0.